The van der Waals surface area contributed by atoms with E-state index in [1.54, 1.807) is 7.05 Å². The lowest BCUT2D eigenvalue weighted by Gasteiger charge is -2.11. The number of likely N-dealkylation sites (N-methyl/N-ethyl adjacent to an activating group) is 1. The first kappa shape index (κ1) is 11.0. The fourth-order valence-corrected chi connectivity index (χ4v) is 1.19. The molecule has 1 unspecified atom stereocenters. The SMILES string of the molecule is CNCC(O)COc1cccc(C)c1. The van der Waals surface area contributed by atoms with E-state index in [0.29, 0.717) is 13.2 Å². The number of hydrogen-bond donors (Lipinski definition) is 2. The van der Waals surface area contributed by atoms with Gasteiger partial charge in [-0.05, 0) is 31.7 Å². The van der Waals surface area contributed by atoms with E-state index in [-0.39, 0.29) is 0 Å². The lowest BCUT2D eigenvalue weighted by molar-refractivity contribution is 0.108. The Morgan fingerprint density at radius 1 is 1.50 bits per heavy atom. The number of ether oxygens (including phenoxy) is 1. The van der Waals surface area contributed by atoms with Gasteiger partial charge in [-0.15, -0.1) is 0 Å². The summed E-state index contributed by atoms with van der Waals surface area (Å²) in [5, 5.41) is 12.3. The zero-order valence-corrected chi connectivity index (χ0v) is 8.66. The van der Waals surface area contributed by atoms with Gasteiger partial charge in [-0.25, -0.2) is 0 Å². The van der Waals surface area contributed by atoms with Crippen LogP contribution >= 0.6 is 0 Å². The highest BCUT2D eigenvalue weighted by Crippen LogP contribution is 2.12. The number of benzene rings is 1. The van der Waals surface area contributed by atoms with Crippen LogP contribution in [0.15, 0.2) is 24.3 Å². The Morgan fingerprint density at radius 2 is 2.29 bits per heavy atom. The smallest absolute Gasteiger partial charge is 0.119 e. The topological polar surface area (TPSA) is 41.5 Å². The molecule has 0 radical (unpaired) electrons. The van der Waals surface area contributed by atoms with Crippen molar-refractivity contribution in [2.24, 2.45) is 0 Å². The Bertz CT molecular complexity index is 276. The molecule has 3 nitrogen and oxygen atoms in total. The molecule has 0 heterocycles. The minimum absolute atomic E-state index is 0.324. The summed E-state index contributed by atoms with van der Waals surface area (Å²) in [6.07, 6.45) is -0.458. The van der Waals surface area contributed by atoms with E-state index in [4.69, 9.17) is 4.74 Å². The lowest BCUT2D eigenvalue weighted by Crippen LogP contribution is -2.29. The van der Waals surface area contributed by atoms with Crippen LogP contribution in [0.4, 0.5) is 0 Å². The van der Waals surface area contributed by atoms with Crippen molar-refractivity contribution in [1.29, 1.82) is 0 Å². The average Bonchev–Trinajstić information content (AvgIpc) is 2.15. The molecule has 0 amide bonds. The zero-order chi connectivity index (χ0) is 10.4. The summed E-state index contributed by atoms with van der Waals surface area (Å²) in [4.78, 5) is 0. The van der Waals surface area contributed by atoms with Gasteiger partial charge in [0.2, 0.25) is 0 Å². The predicted molar refractivity (Wildman–Crippen MR) is 56.6 cm³/mol. The van der Waals surface area contributed by atoms with Crippen LogP contribution in [0.3, 0.4) is 0 Å². The van der Waals surface area contributed by atoms with Crippen LogP contribution in [0.5, 0.6) is 5.75 Å². The first-order chi connectivity index (χ1) is 6.72. The number of nitrogens with one attached hydrogen (secondary N) is 1. The van der Waals surface area contributed by atoms with Crippen LogP contribution in [0.2, 0.25) is 0 Å². The first-order valence-corrected chi connectivity index (χ1v) is 4.74. The number of aryl methyl sites for hydroxylation is 1. The Balaban J connectivity index is 2.37. The summed E-state index contributed by atoms with van der Waals surface area (Å²) in [5.41, 5.74) is 1.16. The highest BCUT2D eigenvalue weighted by molar-refractivity contribution is 5.27. The Morgan fingerprint density at radius 3 is 2.93 bits per heavy atom. The van der Waals surface area contributed by atoms with Crippen molar-refractivity contribution < 1.29 is 9.84 Å². The van der Waals surface area contributed by atoms with Gasteiger partial charge in [0, 0.05) is 6.54 Å². The molecule has 1 aromatic carbocycles. The van der Waals surface area contributed by atoms with Crippen molar-refractivity contribution in [3.8, 4) is 5.75 Å². The summed E-state index contributed by atoms with van der Waals surface area (Å²) < 4.78 is 5.41. The molecule has 0 saturated carbocycles. The fourth-order valence-electron chi connectivity index (χ4n) is 1.19. The highest BCUT2D eigenvalue weighted by Gasteiger charge is 2.02. The van der Waals surface area contributed by atoms with Gasteiger partial charge in [-0.2, -0.15) is 0 Å². The summed E-state index contributed by atoms with van der Waals surface area (Å²) in [6, 6.07) is 7.79. The third kappa shape index (κ3) is 3.77. The van der Waals surface area contributed by atoms with E-state index in [1.807, 2.05) is 31.2 Å². The third-order valence-corrected chi connectivity index (χ3v) is 1.87. The van der Waals surface area contributed by atoms with Crippen molar-refractivity contribution in [3.05, 3.63) is 29.8 Å². The Hall–Kier alpha value is -1.06. The van der Waals surface area contributed by atoms with E-state index >= 15 is 0 Å². The highest BCUT2D eigenvalue weighted by atomic mass is 16.5. The van der Waals surface area contributed by atoms with Crippen molar-refractivity contribution in [1.82, 2.24) is 5.32 Å². The van der Waals surface area contributed by atoms with Crippen molar-refractivity contribution in [2.45, 2.75) is 13.0 Å². The molecule has 0 saturated heterocycles. The maximum Gasteiger partial charge on any atom is 0.119 e. The molecule has 0 aliphatic rings. The summed E-state index contributed by atoms with van der Waals surface area (Å²) in [6.45, 7) is 2.88. The molecule has 1 rings (SSSR count). The molecule has 3 heteroatoms. The molecule has 1 atom stereocenters. The molecule has 0 aliphatic heterocycles. The van der Waals surface area contributed by atoms with Gasteiger partial charge < -0.3 is 15.2 Å². The molecule has 1 aromatic rings. The normalized spacial score (nSPS) is 12.5. The van der Waals surface area contributed by atoms with Crippen LogP contribution in [-0.2, 0) is 0 Å². The van der Waals surface area contributed by atoms with E-state index in [0.717, 1.165) is 11.3 Å². The molecule has 0 bridgehead atoms. The lowest BCUT2D eigenvalue weighted by atomic mass is 10.2. The number of aliphatic hydroxyl groups excluding tert-OH is 1. The van der Waals surface area contributed by atoms with Crippen LogP contribution in [0, 0.1) is 6.92 Å². The molecule has 0 spiro atoms. The minimum atomic E-state index is -0.458. The molecule has 0 aliphatic carbocycles. The minimum Gasteiger partial charge on any atom is -0.491 e. The molecule has 14 heavy (non-hydrogen) atoms. The van der Waals surface area contributed by atoms with Crippen LogP contribution in [0.1, 0.15) is 5.56 Å². The average molecular weight is 195 g/mol. The van der Waals surface area contributed by atoms with Gasteiger partial charge in [0.05, 0.1) is 0 Å². The quantitative estimate of drug-likeness (QED) is 0.735. The standard InChI is InChI=1S/C11H17NO2/c1-9-4-3-5-11(6-9)14-8-10(13)7-12-2/h3-6,10,12-13H,7-8H2,1-2H3. The van der Waals surface area contributed by atoms with E-state index < -0.39 is 6.10 Å². The van der Waals surface area contributed by atoms with E-state index in [1.165, 1.54) is 0 Å². The number of aliphatic hydroxyl groups is 1. The van der Waals surface area contributed by atoms with Crippen LogP contribution < -0.4 is 10.1 Å². The Labute approximate surface area is 84.7 Å². The molecular weight excluding hydrogens is 178 g/mol. The second-order valence-corrected chi connectivity index (χ2v) is 3.34. The van der Waals surface area contributed by atoms with Gasteiger partial charge in [0.15, 0.2) is 0 Å². The van der Waals surface area contributed by atoms with Crippen LogP contribution in [-0.4, -0.2) is 31.4 Å². The first-order valence-electron chi connectivity index (χ1n) is 4.74. The van der Waals surface area contributed by atoms with Gasteiger partial charge in [0.25, 0.3) is 0 Å². The molecular formula is C11H17NO2. The van der Waals surface area contributed by atoms with Crippen molar-refractivity contribution >= 4 is 0 Å². The number of rotatable bonds is 5. The third-order valence-electron chi connectivity index (χ3n) is 1.87. The molecule has 0 fully saturated rings. The number of hydrogen-bond acceptors (Lipinski definition) is 3. The zero-order valence-electron chi connectivity index (χ0n) is 8.66. The molecule has 78 valence electrons. The Kier molecular flexibility index (Phi) is 4.43. The molecule has 0 aromatic heterocycles. The summed E-state index contributed by atoms with van der Waals surface area (Å²) in [7, 11) is 1.80. The van der Waals surface area contributed by atoms with Gasteiger partial charge in [-0.1, -0.05) is 12.1 Å². The van der Waals surface area contributed by atoms with Gasteiger partial charge in [-0.3, -0.25) is 0 Å². The summed E-state index contributed by atoms with van der Waals surface area (Å²) >= 11 is 0. The predicted octanol–water partition coefficient (Wildman–Crippen LogP) is 0.954. The van der Waals surface area contributed by atoms with Crippen LogP contribution in [0.25, 0.3) is 0 Å². The fraction of sp³-hybridized carbons (Fsp3) is 0.455. The second kappa shape index (κ2) is 5.62. The monoisotopic (exact) mass is 195 g/mol. The second-order valence-electron chi connectivity index (χ2n) is 3.34. The maximum absolute atomic E-state index is 9.39. The summed E-state index contributed by atoms with van der Waals surface area (Å²) in [5.74, 6) is 0.806. The largest absolute Gasteiger partial charge is 0.491 e. The molecule has 2 N–H and O–H groups in total. The van der Waals surface area contributed by atoms with Gasteiger partial charge in [0.1, 0.15) is 18.5 Å². The van der Waals surface area contributed by atoms with Gasteiger partial charge >= 0.3 is 0 Å². The maximum atomic E-state index is 9.39. The van der Waals surface area contributed by atoms with E-state index in [2.05, 4.69) is 5.32 Å². The van der Waals surface area contributed by atoms with Crippen molar-refractivity contribution in [2.75, 3.05) is 20.2 Å². The van der Waals surface area contributed by atoms with Crippen molar-refractivity contribution in [3.63, 3.8) is 0 Å². The van der Waals surface area contributed by atoms with E-state index in [9.17, 15) is 5.11 Å².